The Labute approximate surface area is 99.3 Å². The van der Waals surface area contributed by atoms with Gasteiger partial charge in [0.2, 0.25) is 0 Å². The molecule has 16 heavy (non-hydrogen) atoms. The molecule has 0 aromatic carbocycles. The van der Waals surface area contributed by atoms with Crippen LogP contribution in [0, 0.1) is 0 Å². The molecule has 96 valence electrons. The minimum Gasteiger partial charge on any atom is -0.385 e. The number of nitrogens with zero attached hydrogens (tertiary/aromatic N) is 1. The maximum absolute atomic E-state index is 5.37. The summed E-state index contributed by atoms with van der Waals surface area (Å²) >= 11 is 0. The van der Waals surface area contributed by atoms with Crippen LogP contribution in [0.3, 0.4) is 0 Å². The van der Waals surface area contributed by atoms with Crippen molar-refractivity contribution in [1.82, 2.24) is 10.2 Å². The molecule has 0 spiro atoms. The van der Waals surface area contributed by atoms with Crippen LogP contribution < -0.4 is 5.32 Å². The van der Waals surface area contributed by atoms with Crippen LogP contribution in [-0.4, -0.2) is 64.1 Å². The van der Waals surface area contributed by atoms with Gasteiger partial charge in [-0.05, 0) is 26.3 Å². The Morgan fingerprint density at radius 2 is 2.25 bits per heavy atom. The molecule has 1 aliphatic rings. The van der Waals surface area contributed by atoms with Crippen LogP contribution in [0.5, 0.6) is 0 Å². The van der Waals surface area contributed by atoms with Crippen LogP contribution in [0.1, 0.15) is 19.8 Å². The molecule has 4 heteroatoms. The molecular formula is C12H26N2O2. The number of methoxy groups -OCH3 is 2. The highest BCUT2D eigenvalue weighted by Crippen LogP contribution is 2.14. The van der Waals surface area contributed by atoms with Crippen molar-refractivity contribution >= 4 is 0 Å². The zero-order chi connectivity index (χ0) is 11.8. The molecule has 2 unspecified atom stereocenters. The monoisotopic (exact) mass is 230 g/mol. The fourth-order valence-corrected chi connectivity index (χ4v) is 2.13. The van der Waals surface area contributed by atoms with E-state index in [-0.39, 0.29) is 0 Å². The van der Waals surface area contributed by atoms with Gasteiger partial charge < -0.3 is 14.8 Å². The first-order valence-corrected chi connectivity index (χ1v) is 6.24. The molecule has 1 aliphatic heterocycles. The average molecular weight is 230 g/mol. The summed E-state index contributed by atoms with van der Waals surface area (Å²) in [5, 5.41) is 3.47. The lowest BCUT2D eigenvalue weighted by atomic mass is 10.3. The van der Waals surface area contributed by atoms with E-state index in [1.165, 1.54) is 13.0 Å². The van der Waals surface area contributed by atoms with E-state index in [0.29, 0.717) is 12.1 Å². The van der Waals surface area contributed by atoms with Crippen molar-refractivity contribution in [2.75, 3.05) is 47.0 Å². The Hall–Kier alpha value is -0.160. The van der Waals surface area contributed by atoms with Crippen molar-refractivity contribution < 1.29 is 9.47 Å². The van der Waals surface area contributed by atoms with Crippen LogP contribution in [0.15, 0.2) is 0 Å². The van der Waals surface area contributed by atoms with Gasteiger partial charge >= 0.3 is 0 Å². The number of rotatable bonds is 8. The van der Waals surface area contributed by atoms with Crippen LogP contribution >= 0.6 is 0 Å². The Kier molecular flexibility index (Phi) is 6.96. The molecule has 0 radical (unpaired) electrons. The van der Waals surface area contributed by atoms with Gasteiger partial charge in [-0.15, -0.1) is 0 Å². The van der Waals surface area contributed by atoms with Gasteiger partial charge in [0.1, 0.15) is 0 Å². The lowest BCUT2D eigenvalue weighted by molar-refractivity contribution is 0.102. The lowest BCUT2D eigenvalue weighted by Gasteiger charge is -2.24. The summed E-state index contributed by atoms with van der Waals surface area (Å²) in [6.07, 6.45) is 2.70. The molecule has 0 aromatic rings. The molecule has 0 aliphatic carbocycles. The third-order valence-corrected chi connectivity index (χ3v) is 3.27. The van der Waals surface area contributed by atoms with Crippen molar-refractivity contribution in [2.45, 2.75) is 31.9 Å². The van der Waals surface area contributed by atoms with E-state index in [1.807, 2.05) is 7.11 Å². The van der Waals surface area contributed by atoms with Gasteiger partial charge in [0.25, 0.3) is 0 Å². The van der Waals surface area contributed by atoms with Crippen LogP contribution in [0.25, 0.3) is 0 Å². The van der Waals surface area contributed by atoms with Crippen molar-refractivity contribution in [3.05, 3.63) is 0 Å². The molecule has 0 saturated carbocycles. The van der Waals surface area contributed by atoms with E-state index in [1.54, 1.807) is 7.11 Å². The van der Waals surface area contributed by atoms with E-state index < -0.39 is 0 Å². The van der Waals surface area contributed by atoms with Gasteiger partial charge in [0.15, 0.2) is 0 Å². The average Bonchev–Trinajstić information content (AvgIpc) is 2.77. The summed E-state index contributed by atoms with van der Waals surface area (Å²) in [6, 6.07) is 0.600. The topological polar surface area (TPSA) is 33.7 Å². The van der Waals surface area contributed by atoms with E-state index in [4.69, 9.17) is 9.47 Å². The van der Waals surface area contributed by atoms with Crippen LogP contribution in [-0.2, 0) is 9.47 Å². The number of hydrogen-bond donors (Lipinski definition) is 1. The smallest absolute Gasteiger partial charge is 0.0710 e. The molecule has 1 N–H and O–H groups in total. The molecule has 0 amide bonds. The molecule has 0 aromatic heterocycles. The SMILES string of the molecule is COCCCNCC(C)N1CCC(OC)C1. The Balaban J connectivity index is 2.04. The first-order chi connectivity index (χ1) is 7.77. The summed E-state index contributed by atoms with van der Waals surface area (Å²) in [4.78, 5) is 2.50. The standard InChI is InChI=1S/C12H26N2O2/c1-11(9-13-6-4-8-15-2)14-7-5-12(10-14)16-3/h11-13H,4-10H2,1-3H3. The first-order valence-electron chi connectivity index (χ1n) is 6.24. The van der Waals surface area contributed by atoms with Crippen molar-refractivity contribution in [3.8, 4) is 0 Å². The lowest BCUT2D eigenvalue weighted by Crippen LogP contribution is -2.39. The second kappa shape index (κ2) is 8.01. The summed E-state index contributed by atoms with van der Waals surface area (Å²) < 4.78 is 10.4. The molecule has 4 nitrogen and oxygen atoms in total. The summed E-state index contributed by atoms with van der Waals surface area (Å²) in [7, 11) is 3.56. The third kappa shape index (κ3) is 4.78. The maximum atomic E-state index is 5.37. The summed E-state index contributed by atoms with van der Waals surface area (Å²) in [5.41, 5.74) is 0. The summed E-state index contributed by atoms with van der Waals surface area (Å²) in [5.74, 6) is 0. The number of hydrogen-bond acceptors (Lipinski definition) is 4. The number of likely N-dealkylation sites (tertiary alicyclic amines) is 1. The number of ether oxygens (including phenoxy) is 2. The third-order valence-electron chi connectivity index (χ3n) is 3.27. The molecule has 0 bridgehead atoms. The number of nitrogens with one attached hydrogen (secondary N) is 1. The van der Waals surface area contributed by atoms with E-state index in [2.05, 4.69) is 17.1 Å². The minimum absolute atomic E-state index is 0.441. The minimum atomic E-state index is 0.441. The van der Waals surface area contributed by atoms with Crippen LogP contribution in [0.2, 0.25) is 0 Å². The highest BCUT2D eigenvalue weighted by atomic mass is 16.5. The highest BCUT2D eigenvalue weighted by Gasteiger charge is 2.25. The molecule has 1 fully saturated rings. The van der Waals surface area contributed by atoms with E-state index in [0.717, 1.165) is 32.7 Å². The Bertz CT molecular complexity index is 178. The van der Waals surface area contributed by atoms with Gasteiger partial charge in [-0.3, -0.25) is 4.90 Å². The van der Waals surface area contributed by atoms with Crippen molar-refractivity contribution in [1.29, 1.82) is 0 Å². The quantitative estimate of drug-likeness (QED) is 0.623. The summed E-state index contributed by atoms with van der Waals surface area (Å²) in [6.45, 7) is 7.47. The van der Waals surface area contributed by atoms with E-state index >= 15 is 0 Å². The zero-order valence-corrected chi connectivity index (χ0v) is 10.9. The second-order valence-corrected chi connectivity index (χ2v) is 4.54. The Morgan fingerprint density at radius 3 is 2.88 bits per heavy atom. The van der Waals surface area contributed by atoms with Gasteiger partial charge in [-0.2, -0.15) is 0 Å². The van der Waals surface area contributed by atoms with Crippen LogP contribution in [0.4, 0.5) is 0 Å². The largest absolute Gasteiger partial charge is 0.385 e. The van der Waals surface area contributed by atoms with Crippen molar-refractivity contribution in [3.63, 3.8) is 0 Å². The Morgan fingerprint density at radius 1 is 1.44 bits per heavy atom. The molecular weight excluding hydrogens is 204 g/mol. The maximum Gasteiger partial charge on any atom is 0.0710 e. The zero-order valence-electron chi connectivity index (χ0n) is 10.9. The fourth-order valence-electron chi connectivity index (χ4n) is 2.13. The van der Waals surface area contributed by atoms with Gasteiger partial charge in [0, 0.05) is 46.5 Å². The van der Waals surface area contributed by atoms with Gasteiger partial charge in [-0.25, -0.2) is 0 Å². The predicted molar refractivity (Wildman–Crippen MR) is 65.8 cm³/mol. The van der Waals surface area contributed by atoms with Gasteiger partial charge in [0.05, 0.1) is 6.10 Å². The first kappa shape index (κ1) is 13.9. The normalized spacial score (nSPS) is 23.8. The second-order valence-electron chi connectivity index (χ2n) is 4.54. The molecule has 1 heterocycles. The molecule has 1 saturated heterocycles. The molecule has 1 rings (SSSR count). The van der Waals surface area contributed by atoms with Gasteiger partial charge in [-0.1, -0.05) is 0 Å². The highest BCUT2D eigenvalue weighted by molar-refractivity contribution is 4.80. The van der Waals surface area contributed by atoms with Crippen molar-refractivity contribution in [2.24, 2.45) is 0 Å². The predicted octanol–water partition coefficient (Wildman–Crippen LogP) is 0.722. The van der Waals surface area contributed by atoms with E-state index in [9.17, 15) is 0 Å². The molecule has 2 atom stereocenters. The fraction of sp³-hybridized carbons (Fsp3) is 1.00.